The van der Waals surface area contributed by atoms with Crippen LogP contribution < -0.4 is 10.2 Å². The van der Waals surface area contributed by atoms with Crippen molar-refractivity contribution in [3.05, 3.63) is 29.8 Å². The average Bonchev–Trinajstić information content (AvgIpc) is 2.69. The van der Waals surface area contributed by atoms with Crippen LogP contribution in [0, 0.1) is 0 Å². The van der Waals surface area contributed by atoms with Crippen LogP contribution in [-0.2, 0) is 11.2 Å². The highest BCUT2D eigenvalue weighted by molar-refractivity contribution is 5.97. The van der Waals surface area contributed by atoms with Crippen molar-refractivity contribution >= 4 is 17.3 Å². The Bertz CT molecular complexity index is 555. The number of hydrogen-bond donors (Lipinski definition) is 2. The molecule has 1 aromatic carbocycles. The molecule has 1 heterocycles. The molecule has 0 saturated carbocycles. The van der Waals surface area contributed by atoms with Gasteiger partial charge in [0.1, 0.15) is 11.4 Å². The van der Waals surface area contributed by atoms with Gasteiger partial charge in [-0.05, 0) is 26.3 Å². The van der Waals surface area contributed by atoms with E-state index < -0.39 is 5.97 Å². The summed E-state index contributed by atoms with van der Waals surface area (Å²) >= 11 is 0. The maximum atomic E-state index is 12.0. The number of anilines is 2. The van der Waals surface area contributed by atoms with Crippen LogP contribution in [0.2, 0.25) is 0 Å². The second-order valence-electron chi connectivity index (χ2n) is 4.79. The standard InChI is InChI=1S/C15H20N2O3/c1-5-7-10-11(15(19)20-6-2)8-12-13(14(10)18)17(4)9(3)16-12/h5,8-9,16,18H,1,6-7H2,2-4H3. The molecule has 0 bridgehead atoms. The van der Waals surface area contributed by atoms with E-state index in [4.69, 9.17) is 4.74 Å². The number of carbonyl (C=O) groups excluding carboxylic acids is 1. The van der Waals surface area contributed by atoms with Gasteiger partial charge in [-0.15, -0.1) is 6.58 Å². The number of ether oxygens (including phenoxy) is 1. The molecule has 5 nitrogen and oxygen atoms in total. The topological polar surface area (TPSA) is 61.8 Å². The van der Waals surface area contributed by atoms with Gasteiger partial charge >= 0.3 is 5.97 Å². The number of benzene rings is 1. The minimum atomic E-state index is -0.425. The van der Waals surface area contributed by atoms with Gasteiger partial charge in [0.25, 0.3) is 0 Å². The summed E-state index contributed by atoms with van der Waals surface area (Å²) in [6.45, 7) is 7.72. The first kappa shape index (κ1) is 14.2. The number of carbonyl (C=O) groups is 1. The molecule has 0 saturated heterocycles. The molecular weight excluding hydrogens is 256 g/mol. The first-order valence-corrected chi connectivity index (χ1v) is 6.67. The number of fused-ring (bicyclic) bond motifs is 1. The molecule has 108 valence electrons. The molecule has 0 fully saturated rings. The van der Waals surface area contributed by atoms with Gasteiger partial charge in [-0.3, -0.25) is 0 Å². The number of phenols is 1. The molecule has 5 heteroatoms. The van der Waals surface area contributed by atoms with E-state index in [-0.39, 0.29) is 11.9 Å². The van der Waals surface area contributed by atoms with Crippen molar-refractivity contribution in [2.24, 2.45) is 0 Å². The van der Waals surface area contributed by atoms with E-state index in [2.05, 4.69) is 11.9 Å². The van der Waals surface area contributed by atoms with E-state index in [1.54, 1.807) is 19.1 Å². The van der Waals surface area contributed by atoms with Crippen molar-refractivity contribution in [1.82, 2.24) is 0 Å². The number of esters is 1. The summed E-state index contributed by atoms with van der Waals surface area (Å²) in [7, 11) is 1.89. The molecule has 2 N–H and O–H groups in total. The Labute approximate surface area is 118 Å². The molecule has 1 aliphatic heterocycles. The van der Waals surface area contributed by atoms with Gasteiger partial charge in [0, 0.05) is 12.6 Å². The number of allylic oxidation sites excluding steroid dienone is 1. The third-order valence-electron chi connectivity index (χ3n) is 3.52. The van der Waals surface area contributed by atoms with Crippen LogP contribution in [-0.4, -0.2) is 30.9 Å². The van der Waals surface area contributed by atoms with Crippen LogP contribution in [0.15, 0.2) is 18.7 Å². The summed E-state index contributed by atoms with van der Waals surface area (Å²) in [5, 5.41) is 13.7. The van der Waals surface area contributed by atoms with Gasteiger partial charge in [0.2, 0.25) is 0 Å². The van der Waals surface area contributed by atoms with Crippen LogP contribution in [0.1, 0.15) is 29.8 Å². The van der Waals surface area contributed by atoms with Crippen molar-refractivity contribution in [2.45, 2.75) is 26.4 Å². The fourth-order valence-electron chi connectivity index (χ4n) is 2.42. The SMILES string of the molecule is C=CCc1c(C(=O)OCC)cc2c(c1O)N(C)C(C)N2. The van der Waals surface area contributed by atoms with Gasteiger partial charge in [0.05, 0.1) is 24.0 Å². The Morgan fingerprint density at radius 3 is 2.95 bits per heavy atom. The zero-order chi connectivity index (χ0) is 14.9. The molecule has 0 aliphatic carbocycles. The van der Waals surface area contributed by atoms with E-state index in [0.717, 1.165) is 5.69 Å². The van der Waals surface area contributed by atoms with Crippen molar-refractivity contribution in [3.63, 3.8) is 0 Å². The second-order valence-corrected chi connectivity index (χ2v) is 4.79. The highest BCUT2D eigenvalue weighted by Crippen LogP contribution is 2.44. The molecule has 0 aromatic heterocycles. The highest BCUT2D eigenvalue weighted by atomic mass is 16.5. The third-order valence-corrected chi connectivity index (χ3v) is 3.52. The molecule has 1 aromatic rings. The largest absolute Gasteiger partial charge is 0.505 e. The summed E-state index contributed by atoms with van der Waals surface area (Å²) in [6, 6.07) is 1.74. The number of hydrogen-bond acceptors (Lipinski definition) is 5. The van der Waals surface area contributed by atoms with Crippen LogP contribution in [0.3, 0.4) is 0 Å². The molecular formula is C15H20N2O3. The maximum absolute atomic E-state index is 12.0. The van der Waals surface area contributed by atoms with E-state index >= 15 is 0 Å². The monoisotopic (exact) mass is 276 g/mol. The number of rotatable bonds is 4. The van der Waals surface area contributed by atoms with Crippen molar-refractivity contribution in [2.75, 3.05) is 23.9 Å². The van der Waals surface area contributed by atoms with Crippen LogP contribution in [0.5, 0.6) is 5.75 Å². The summed E-state index contributed by atoms with van der Waals surface area (Å²) < 4.78 is 5.06. The van der Waals surface area contributed by atoms with Gasteiger partial charge in [0.15, 0.2) is 0 Å². The fraction of sp³-hybridized carbons (Fsp3) is 0.400. The Morgan fingerprint density at radius 1 is 1.65 bits per heavy atom. The lowest BCUT2D eigenvalue weighted by molar-refractivity contribution is 0.0525. The van der Waals surface area contributed by atoms with Crippen LogP contribution >= 0.6 is 0 Å². The Kier molecular flexibility index (Phi) is 3.88. The van der Waals surface area contributed by atoms with Crippen LogP contribution in [0.4, 0.5) is 11.4 Å². The molecule has 0 amide bonds. The van der Waals surface area contributed by atoms with Gasteiger partial charge in [-0.2, -0.15) is 0 Å². The van der Waals surface area contributed by atoms with Gasteiger partial charge < -0.3 is 20.1 Å². The molecule has 1 aliphatic rings. The summed E-state index contributed by atoms with van der Waals surface area (Å²) in [4.78, 5) is 14.0. The summed E-state index contributed by atoms with van der Waals surface area (Å²) in [5.74, 6) is -0.309. The Morgan fingerprint density at radius 2 is 2.35 bits per heavy atom. The number of nitrogens with one attached hydrogen (secondary N) is 1. The quantitative estimate of drug-likeness (QED) is 0.653. The first-order chi connectivity index (χ1) is 9.51. The van der Waals surface area contributed by atoms with Crippen molar-refractivity contribution in [3.8, 4) is 5.75 Å². The minimum Gasteiger partial charge on any atom is -0.505 e. The fourth-order valence-corrected chi connectivity index (χ4v) is 2.42. The van der Waals surface area contributed by atoms with E-state index in [9.17, 15) is 9.90 Å². The van der Waals surface area contributed by atoms with Gasteiger partial charge in [-0.25, -0.2) is 4.79 Å². The summed E-state index contributed by atoms with van der Waals surface area (Å²) in [5.41, 5.74) is 2.40. The van der Waals surface area contributed by atoms with Crippen LogP contribution in [0.25, 0.3) is 0 Å². The van der Waals surface area contributed by atoms with Crippen molar-refractivity contribution in [1.29, 1.82) is 0 Å². The highest BCUT2D eigenvalue weighted by Gasteiger charge is 2.30. The summed E-state index contributed by atoms with van der Waals surface area (Å²) in [6.07, 6.45) is 2.13. The van der Waals surface area contributed by atoms with E-state index in [0.29, 0.717) is 29.8 Å². The number of aromatic hydroxyl groups is 1. The number of nitrogens with zero attached hydrogens (tertiary/aromatic N) is 1. The maximum Gasteiger partial charge on any atom is 0.338 e. The normalized spacial score (nSPS) is 16.6. The zero-order valence-corrected chi connectivity index (χ0v) is 12.1. The molecule has 1 unspecified atom stereocenters. The Balaban J connectivity index is 2.59. The zero-order valence-electron chi connectivity index (χ0n) is 12.1. The molecule has 0 spiro atoms. The smallest absolute Gasteiger partial charge is 0.338 e. The molecule has 0 radical (unpaired) electrons. The second kappa shape index (κ2) is 5.45. The lowest BCUT2D eigenvalue weighted by Crippen LogP contribution is -2.28. The predicted octanol–water partition coefficient (Wildman–Crippen LogP) is 2.51. The van der Waals surface area contributed by atoms with E-state index in [1.165, 1.54) is 0 Å². The third kappa shape index (κ3) is 2.19. The van der Waals surface area contributed by atoms with Crippen molar-refractivity contribution < 1.29 is 14.6 Å². The molecule has 20 heavy (non-hydrogen) atoms. The minimum absolute atomic E-state index is 0.0601. The average molecular weight is 276 g/mol. The Hall–Kier alpha value is -2.17. The lowest BCUT2D eigenvalue weighted by Gasteiger charge is -2.19. The van der Waals surface area contributed by atoms with E-state index in [1.807, 2.05) is 18.9 Å². The molecule has 2 rings (SSSR count). The lowest BCUT2D eigenvalue weighted by atomic mass is 10.0. The number of phenolic OH excluding ortho intramolecular Hbond substituents is 1. The first-order valence-electron chi connectivity index (χ1n) is 6.67. The van der Waals surface area contributed by atoms with Gasteiger partial charge in [-0.1, -0.05) is 6.08 Å². The predicted molar refractivity (Wildman–Crippen MR) is 79.5 cm³/mol. The molecule has 1 atom stereocenters.